The van der Waals surface area contributed by atoms with Crippen LogP contribution in [0.25, 0.3) is 0 Å². The SMILES string of the molecule is CCN1CCC(NCCOC(C)C)C(C)C1. The molecule has 0 amide bonds. The van der Waals surface area contributed by atoms with Crippen LogP contribution in [-0.2, 0) is 4.74 Å². The number of ether oxygens (including phenoxy) is 1. The number of hydrogen-bond donors (Lipinski definition) is 1. The van der Waals surface area contributed by atoms with E-state index in [9.17, 15) is 0 Å². The molecule has 1 aliphatic heterocycles. The van der Waals surface area contributed by atoms with Crippen LogP contribution >= 0.6 is 0 Å². The predicted octanol–water partition coefficient (Wildman–Crippen LogP) is 1.73. The first-order valence-electron chi connectivity index (χ1n) is 6.70. The lowest BCUT2D eigenvalue weighted by molar-refractivity contribution is 0.0738. The summed E-state index contributed by atoms with van der Waals surface area (Å²) in [7, 11) is 0. The summed E-state index contributed by atoms with van der Waals surface area (Å²) in [6, 6.07) is 0.679. The Labute approximate surface area is 101 Å². The van der Waals surface area contributed by atoms with Crippen LogP contribution in [0.1, 0.15) is 34.1 Å². The van der Waals surface area contributed by atoms with Crippen molar-refractivity contribution in [1.82, 2.24) is 10.2 Å². The lowest BCUT2D eigenvalue weighted by Gasteiger charge is -2.36. The maximum atomic E-state index is 5.54. The van der Waals surface area contributed by atoms with Gasteiger partial charge in [0.25, 0.3) is 0 Å². The molecule has 0 radical (unpaired) electrons. The molecule has 0 aliphatic carbocycles. The average Bonchev–Trinajstić information content (AvgIpc) is 2.25. The van der Waals surface area contributed by atoms with Crippen LogP contribution in [0.2, 0.25) is 0 Å². The van der Waals surface area contributed by atoms with E-state index in [1.807, 2.05) is 0 Å². The Morgan fingerprint density at radius 2 is 2.19 bits per heavy atom. The molecule has 2 atom stereocenters. The average molecular weight is 228 g/mol. The zero-order valence-electron chi connectivity index (χ0n) is 11.3. The fourth-order valence-corrected chi connectivity index (χ4v) is 2.36. The van der Waals surface area contributed by atoms with Crippen LogP contribution in [0.4, 0.5) is 0 Å². The van der Waals surface area contributed by atoms with Crippen LogP contribution in [0.5, 0.6) is 0 Å². The highest BCUT2D eigenvalue weighted by molar-refractivity contribution is 4.82. The van der Waals surface area contributed by atoms with Crippen molar-refractivity contribution >= 4 is 0 Å². The van der Waals surface area contributed by atoms with Crippen molar-refractivity contribution in [2.24, 2.45) is 5.92 Å². The lowest BCUT2D eigenvalue weighted by atomic mass is 9.94. The largest absolute Gasteiger partial charge is 0.377 e. The molecular formula is C13H28N2O. The number of rotatable bonds is 6. The van der Waals surface area contributed by atoms with Gasteiger partial charge in [0.15, 0.2) is 0 Å². The van der Waals surface area contributed by atoms with E-state index < -0.39 is 0 Å². The molecule has 1 rings (SSSR count). The first-order chi connectivity index (χ1) is 7.63. The Morgan fingerprint density at radius 3 is 2.75 bits per heavy atom. The van der Waals surface area contributed by atoms with Gasteiger partial charge in [-0.25, -0.2) is 0 Å². The van der Waals surface area contributed by atoms with Gasteiger partial charge in [0.1, 0.15) is 0 Å². The third kappa shape index (κ3) is 4.81. The van der Waals surface area contributed by atoms with Crippen LogP contribution in [0.15, 0.2) is 0 Å². The minimum absolute atomic E-state index is 0.348. The molecule has 96 valence electrons. The minimum Gasteiger partial charge on any atom is -0.377 e. The van der Waals surface area contributed by atoms with E-state index in [0.29, 0.717) is 12.1 Å². The monoisotopic (exact) mass is 228 g/mol. The molecule has 2 unspecified atom stereocenters. The summed E-state index contributed by atoms with van der Waals surface area (Å²) in [5, 5.41) is 3.62. The molecule has 1 heterocycles. The van der Waals surface area contributed by atoms with Gasteiger partial charge in [-0.15, -0.1) is 0 Å². The maximum Gasteiger partial charge on any atom is 0.0594 e. The Kier molecular flexibility index (Phi) is 6.32. The van der Waals surface area contributed by atoms with E-state index in [2.05, 4.69) is 37.9 Å². The Bertz CT molecular complexity index is 185. The lowest BCUT2D eigenvalue weighted by Crippen LogP contribution is -2.48. The van der Waals surface area contributed by atoms with Gasteiger partial charge in [0.2, 0.25) is 0 Å². The number of nitrogens with one attached hydrogen (secondary N) is 1. The zero-order chi connectivity index (χ0) is 12.0. The van der Waals surface area contributed by atoms with Crippen molar-refractivity contribution in [2.45, 2.75) is 46.3 Å². The van der Waals surface area contributed by atoms with Gasteiger partial charge in [-0.3, -0.25) is 0 Å². The van der Waals surface area contributed by atoms with Crippen LogP contribution in [0.3, 0.4) is 0 Å². The van der Waals surface area contributed by atoms with E-state index in [4.69, 9.17) is 4.74 Å². The first-order valence-corrected chi connectivity index (χ1v) is 6.70. The second-order valence-corrected chi connectivity index (χ2v) is 5.14. The van der Waals surface area contributed by atoms with Crippen molar-refractivity contribution < 1.29 is 4.74 Å². The molecule has 1 fully saturated rings. The molecule has 1 saturated heterocycles. The smallest absolute Gasteiger partial charge is 0.0594 e. The summed E-state index contributed by atoms with van der Waals surface area (Å²) >= 11 is 0. The number of likely N-dealkylation sites (tertiary alicyclic amines) is 1. The fraction of sp³-hybridized carbons (Fsp3) is 1.00. The van der Waals surface area contributed by atoms with Gasteiger partial charge in [-0.2, -0.15) is 0 Å². The summed E-state index contributed by atoms with van der Waals surface area (Å²) in [5.74, 6) is 0.757. The highest BCUT2D eigenvalue weighted by atomic mass is 16.5. The maximum absolute atomic E-state index is 5.54. The van der Waals surface area contributed by atoms with Gasteiger partial charge in [-0.05, 0) is 39.3 Å². The van der Waals surface area contributed by atoms with Crippen molar-refractivity contribution in [1.29, 1.82) is 0 Å². The number of piperidine rings is 1. The molecule has 16 heavy (non-hydrogen) atoms. The topological polar surface area (TPSA) is 24.5 Å². The number of hydrogen-bond acceptors (Lipinski definition) is 3. The van der Waals surface area contributed by atoms with Crippen LogP contribution < -0.4 is 5.32 Å². The van der Waals surface area contributed by atoms with E-state index in [1.165, 1.54) is 26.1 Å². The summed E-state index contributed by atoms with van der Waals surface area (Å²) in [6.07, 6.45) is 1.62. The Morgan fingerprint density at radius 1 is 1.44 bits per heavy atom. The van der Waals surface area contributed by atoms with Crippen molar-refractivity contribution in [3.8, 4) is 0 Å². The fourth-order valence-electron chi connectivity index (χ4n) is 2.36. The second kappa shape index (κ2) is 7.25. The summed E-state index contributed by atoms with van der Waals surface area (Å²) in [4.78, 5) is 2.54. The molecule has 0 bridgehead atoms. The van der Waals surface area contributed by atoms with Crippen LogP contribution in [0, 0.1) is 5.92 Å². The van der Waals surface area contributed by atoms with Crippen molar-refractivity contribution in [3.63, 3.8) is 0 Å². The molecule has 0 saturated carbocycles. The normalized spacial score (nSPS) is 27.6. The van der Waals surface area contributed by atoms with Gasteiger partial charge in [0, 0.05) is 19.1 Å². The molecule has 0 aromatic heterocycles. The van der Waals surface area contributed by atoms with Gasteiger partial charge in [-0.1, -0.05) is 13.8 Å². The summed E-state index contributed by atoms with van der Waals surface area (Å²) < 4.78 is 5.54. The third-order valence-electron chi connectivity index (χ3n) is 3.40. The standard InChI is InChI=1S/C13H28N2O/c1-5-15-8-6-13(12(4)10-15)14-7-9-16-11(2)3/h11-14H,5-10H2,1-4H3. The quantitative estimate of drug-likeness (QED) is 0.701. The van der Waals surface area contributed by atoms with E-state index in [0.717, 1.165) is 19.1 Å². The van der Waals surface area contributed by atoms with Crippen molar-refractivity contribution in [2.75, 3.05) is 32.8 Å². The molecule has 1 N–H and O–H groups in total. The Hall–Kier alpha value is -0.120. The Balaban J connectivity index is 2.13. The summed E-state index contributed by atoms with van der Waals surface area (Å²) in [6.45, 7) is 14.2. The predicted molar refractivity (Wildman–Crippen MR) is 68.8 cm³/mol. The third-order valence-corrected chi connectivity index (χ3v) is 3.40. The first kappa shape index (κ1) is 13.9. The highest BCUT2D eigenvalue weighted by Gasteiger charge is 2.24. The zero-order valence-corrected chi connectivity index (χ0v) is 11.3. The van der Waals surface area contributed by atoms with Gasteiger partial charge in [0.05, 0.1) is 12.7 Å². The molecule has 0 aromatic carbocycles. The van der Waals surface area contributed by atoms with E-state index in [-0.39, 0.29) is 0 Å². The summed E-state index contributed by atoms with van der Waals surface area (Å²) in [5.41, 5.74) is 0. The van der Waals surface area contributed by atoms with Gasteiger partial charge < -0.3 is 15.0 Å². The molecular weight excluding hydrogens is 200 g/mol. The van der Waals surface area contributed by atoms with Crippen molar-refractivity contribution in [3.05, 3.63) is 0 Å². The van der Waals surface area contributed by atoms with Crippen LogP contribution in [-0.4, -0.2) is 49.8 Å². The second-order valence-electron chi connectivity index (χ2n) is 5.14. The number of nitrogens with zero attached hydrogens (tertiary/aromatic N) is 1. The molecule has 1 aliphatic rings. The highest BCUT2D eigenvalue weighted by Crippen LogP contribution is 2.16. The molecule has 0 spiro atoms. The van der Waals surface area contributed by atoms with E-state index in [1.54, 1.807) is 0 Å². The molecule has 3 heteroatoms. The molecule has 3 nitrogen and oxygen atoms in total. The molecule has 0 aromatic rings. The van der Waals surface area contributed by atoms with Gasteiger partial charge >= 0.3 is 0 Å². The van der Waals surface area contributed by atoms with E-state index >= 15 is 0 Å². The minimum atomic E-state index is 0.348.